The van der Waals surface area contributed by atoms with Gasteiger partial charge in [-0.05, 0) is 45.2 Å². The van der Waals surface area contributed by atoms with Gasteiger partial charge >= 0.3 is 0 Å². The number of amides is 2. The van der Waals surface area contributed by atoms with E-state index in [-0.39, 0.29) is 36.0 Å². The molecule has 146 valence electrons. The average Bonchev–Trinajstić information content (AvgIpc) is 2.66. The Balaban J connectivity index is 0.00000364. The van der Waals surface area contributed by atoms with Gasteiger partial charge in [-0.25, -0.2) is 0 Å². The SMILES string of the molecule is CNC(C)CNC(=O)c1ccccc1SCC(=O)Nc1ccc(C)cc1.Cl. The number of carbonyl (C=O) groups is 2. The predicted molar refractivity (Wildman–Crippen MR) is 115 cm³/mol. The van der Waals surface area contributed by atoms with E-state index in [4.69, 9.17) is 0 Å². The van der Waals surface area contributed by atoms with Gasteiger partial charge in [-0.1, -0.05) is 29.8 Å². The molecule has 2 rings (SSSR count). The van der Waals surface area contributed by atoms with Crippen molar-refractivity contribution in [3.8, 4) is 0 Å². The first-order chi connectivity index (χ1) is 12.5. The van der Waals surface area contributed by atoms with E-state index in [1.165, 1.54) is 11.8 Å². The van der Waals surface area contributed by atoms with Gasteiger partial charge in [-0.3, -0.25) is 9.59 Å². The highest BCUT2D eigenvalue weighted by molar-refractivity contribution is 8.00. The standard InChI is InChI=1S/C20H25N3O2S.ClH/c1-14-8-10-16(11-9-14)23-19(24)13-26-18-7-5-4-6-17(18)20(25)22-12-15(2)21-3;/h4-11,15,21H,12-13H2,1-3H3,(H,22,25)(H,23,24);1H. The van der Waals surface area contributed by atoms with Crippen molar-refractivity contribution in [2.75, 3.05) is 24.7 Å². The summed E-state index contributed by atoms with van der Waals surface area (Å²) in [6, 6.07) is 15.2. The Hall–Kier alpha value is -2.02. The highest BCUT2D eigenvalue weighted by Crippen LogP contribution is 2.23. The number of thioether (sulfide) groups is 1. The Kier molecular flexibility index (Phi) is 9.93. The van der Waals surface area contributed by atoms with E-state index in [2.05, 4.69) is 16.0 Å². The molecule has 0 aliphatic heterocycles. The van der Waals surface area contributed by atoms with Gasteiger partial charge in [-0.2, -0.15) is 0 Å². The molecule has 0 saturated heterocycles. The molecule has 0 bridgehead atoms. The first kappa shape index (κ1) is 23.0. The maximum absolute atomic E-state index is 12.4. The molecule has 0 aliphatic rings. The number of hydrogen-bond acceptors (Lipinski definition) is 4. The first-order valence-corrected chi connectivity index (χ1v) is 9.52. The summed E-state index contributed by atoms with van der Waals surface area (Å²) >= 11 is 1.36. The Morgan fingerprint density at radius 3 is 2.41 bits per heavy atom. The molecule has 5 nitrogen and oxygen atoms in total. The van der Waals surface area contributed by atoms with Crippen LogP contribution in [0.2, 0.25) is 0 Å². The van der Waals surface area contributed by atoms with Gasteiger partial charge in [0.15, 0.2) is 0 Å². The largest absolute Gasteiger partial charge is 0.350 e. The average molecular weight is 408 g/mol. The van der Waals surface area contributed by atoms with E-state index < -0.39 is 0 Å². The Bertz CT molecular complexity index is 753. The van der Waals surface area contributed by atoms with Crippen molar-refractivity contribution in [3.63, 3.8) is 0 Å². The summed E-state index contributed by atoms with van der Waals surface area (Å²) in [4.78, 5) is 25.4. The van der Waals surface area contributed by atoms with Crippen molar-refractivity contribution < 1.29 is 9.59 Å². The molecule has 2 aromatic rings. The number of carbonyl (C=O) groups excluding carboxylic acids is 2. The second kappa shape index (κ2) is 11.6. The number of halogens is 1. The molecule has 3 N–H and O–H groups in total. The Morgan fingerprint density at radius 1 is 1.07 bits per heavy atom. The van der Waals surface area contributed by atoms with Crippen LogP contribution in [-0.4, -0.2) is 37.2 Å². The molecule has 0 radical (unpaired) electrons. The summed E-state index contributed by atoms with van der Waals surface area (Å²) in [5.74, 6) is 0.0115. The minimum atomic E-state index is -0.130. The summed E-state index contributed by atoms with van der Waals surface area (Å²) in [5.41, 5.74) is 2.50. The molecule has 0 spiro atoms. The first-order valence-electron chi connectivity index (χ1n) is 8.53. The quantitative estimate of drug-likeness (QED) is 0.586. The lowest BCUT2D eigenvalue weighted by Crippen LogP contribution is -2.37. The summed E-state index contributed by atoms with van der Waals surface area (Å²) in [6.07, 6.45) is 0. The van der Waals surface area contributed by atoms with Gasteiger partial charge < -0.3 is 16.0 Å². The van der Waals surface area contributed by atoms with E-state index in [9.17, 15) is 9.59 Å². The van der Waals surface area contributed by atoms with E-state index >= 15 is 0 Å². The van der Waals surface area contributed by atoms with Crippen LogP contribution < -0.4 is 16.0 Å². The number of aryl methyl sites for hydroxylation is 1. The summed E-state index contributed by atoms with van der Waals surface area (Å²) in [7, 11) is 1.85. The maximum Gasteiger partial charge on any atom is 0.252 e. The zero-order chi connectivity index (χ0) is 18.9. The molecular formula is C20H26ClN3O2S. The summed E-state index contributed by atoms with van der Waals surface area (Å²) in [6.45, 7) is 4.54. The second-order valence-electron chi connectivity index (χ2n) is 6.10. The third kappa shape index (κ3) is 7.62. The lowest BCUT2D eigenvalue weighted by atomic mass is 10.2. The van der Waals surface area contributed by atoms with Gasteiger partial charge in [0, 0.05) is 23.2 Å². The molecule has 0 fully saturated rings. The molecule has 2 amide bonds. The van der Waals surface area contributed by atoms with Crippen molar-refractivity contribution in [1.29, 1.82) is 0 Å². The fourth-order valence-corrected chi connectivity index (χ4v) is 3.05. The van der Waals surface area contributed by atoms with Crippen molar-refractivity contribution in [3.05, 3.63) is 59.7 Å². The molecule has 7 heteroatoms. The summed E-state index contributed by atoms with van der Waals surface area (Å²) < 4.78 is 0. The molecule has 27 heavy (non-hydrogen) atoms. The number of likely N-dealkylation sites (N-methyl/N-ethyl adjacent to an activating group) is 1. The van der Waals surface area contributed by atoms with Crippen LogP contribution in [0, 0.1) is 6.92 Å². The minimum absolute atomic E-state index is 0. The van der Waals surface area contributed by atoms with Gasteiger partial charge in [0.05, 0.1) is 11.3 Å². The van der Waals surface area contributed by atoms with Crippen LogP contribution in [0.1, 0.15) is 22.8 Å². The highest BCUT2D eigenvalue weighted by atomic mass is 35.5. The second-order valence-corrected chi connectivity index (χ2v) is 7.12. The fourth-order valence-electron chi connectivity index (χ4n) is 2.20. The lowest BCUT2D eigenvalue weighted by molar-refractivity contribution is -0.113. The predicted octanol–water partition coefficient (Wildman–Crippen LogP) is 3.49. The van der Waals surface area contributed by atoms with Crippen molar-refractivity contribution in [2.45, 2.75) is 24.8 Å². The zero-order valence-corrected chi connectivity index (χ0v) is 17.4. The van der Waals surface area contributed by atoms with Gasteiger partial charge in [0.25, 0.3) is 5.91 Å². The van der Waals surface area contributed by atoms with Crippen molar-refractivity contribution in [1.82, 2.24) is 10.6 Å². The lowest BCUT2D eigenvalue weighted by Gasteiger charge is -2.13. The molecule has 0 saturated carbocycles. The van der Waals surface area contributed by atoms with Gasteiger partial charge in [0.1, 0.15) is 0 Å². The third-order valence-electron chi connectivity index (χ3n) is 3.89. The Morgan fingerprint density at radius 2 is 1.74 bits per heavy atom. The normalized spacial score (nSPS) is 11.2. The van der Waals surface area contributed by atoms with E-state index in [1.807, 2.05) is 63.4 Å². The maximum atomic E-state index is 12.4. The third-order valence-corrected chi connectivity index (χ3v) is 4.96. The van der Waals surface area contributed by atoms with Crippen LogP contribution in [0.15, 0.2) is 53.4 Å². The van der Waals surface area contributed by atoms with E-state index in [1.54, 1.807) is 6.07 Å². The van der Waals surface area contributed by atoms with Gasteiger partial charge in [-0.15, -0.1) is 24.2 Å². The number of hydrogen-bond donors (Lipinski definition) is 3. The van der Waals surface area contributed by atoms with Crippen molar-refractivity contribution in [2.24, 2.45) is 0 Å². The highest BCUT2D eigenvalue weighted by Gasteiger charge is 2.13. The van der Waals surface area contributed by atoms with Gasteiger partial charge in [0.2, 0.25) is 5.91 Å². The number of benzene rings is 2. The molecular weight excluding hydrogens is 382 g/mol. The van der Waals surface area contributed by atoms with Crippen LogP contribution >= 0.6 is 24.2 Å². The van der Waals surface area contributed by atoms with Crippen LogP contribution in [0.5, 0.6) is 0 Å². The Labute approximate surface area is 171 Å². The number of anilines is 1. The molecule has 1 unspecified atom stereocenters. The van der Waals surface area contributed by atoms with E-state index in [0.717, 1.165) is 16.1 Å². The smallest absolute Gasteiger partial charge is 0.252 e. The zero-order valence-electron chi connectivity index (χ0n) is 15.7. The molecule has 1 atom stereocenters. The molecule has 0 aliphatic carbocycles. The molecule has 0 heterocycles. The van der Waals surface area contributed by atoms with Crippen molar-refractivity contribution >= 4 is 41.7 Å². The number of rotatable bonds is 8. The summed E-state index contributed by atoms with van der Waals surface area (Å²) in [5, 5.41) is 8.85. The monoisotopic (exact) mass is 407 g/mol. The fraction of sp³-hybridized carbons (Fsp3) is 0.300. The molecule has 0 aromatic heterocycles. The van der Waals surface area contributed by atoms with Crippen LogP contribution in [-0.2, 0) is 4.79 Å². The number of nitrogens with one attached hydrogen (secondary N) is 3. The van der Waals surface area contributed by atoms with Crippen LogP contribution in [0.4, 0.5) is 5.69 Å². The van der Waals surface area contributed by atoms with Crippen LogP contribution in [0.25, 0.3) is 0 Å². The molecule has 2 aromatic carbocycles. The van der Waals surface area contributed by atoms with E-state index in [0.29, 0.717) is 12.1 Å². The topological polar surface area (TPSA) is 70.2 Å². The minimum Gasteiger partial charge on any atom is -0.350 e. The van der Waals surface area contributed by atoms with Crippen LogP contribution in [0.3, 0.4) is 0 Å².